The molecule has 1 atom stereocenters. The summed E-state index contributed by atoms with van der Waals surface area (Å²) in [6.45, 7) is 4.44. The van der Waals surface area contributed by atoms with Crippen LogP contribution >= 0.6 is 0 Å². The number of rotatable bonds is 2. The quantitative estimate of drug-likeness (QED) is 0.787. The molecule has 0 saturated carbocycles. The van der Waals surface area contributed by atoms with Crippen LogP contribution in [0.5, 0.6) is 0 Å². The Morgan fingerprint density at radius 1 is 1.50 bits per heavy atom. The summed E-state index contributed by atoms with van der Waals surface area (Å²) in [6.07, 6.45) is 1.11. The summed E-state index contributed by atoms with van der Waals surface area (Å²) in [5, 5.41) is 0. The maximum atomic E-state index is 11.9. The molecule has 0 aromatic carbocycles. The lowest BCUT2D eigenvalue weighted by atomic mass is 9.92. The van der Waals surface area contributed by atoms with Gasteiger partial charge in [0.15, 0.2) is 9.84 Å². The van der Waals surface area contributed by atoms with Gasteiger partial charge in [0.05, 0.1) is 11.5 Å². The Labute approximate surface area is 107 Å². The summed E-state index contributed by atoms with van der Waals surface area (Å²) in [6, 6.07) is -0.404. The van der Waals surface area contributed by atoms with Gasteiger partial charge in [0, 0.05) is 6.54 Å². The first kappa shape index (κ1) is 13.3. The minimum Gasteiger partial charge on any atom is -0.385 e. The lowest BCUT2D eigenvalue weighted by Gasteiger charge is -2.41. The van der Waals surface area contributed by atoms with E-state index in [2.05, 4.69) is 4.99 Å². The Hall–Kier alpha value is -1.11. The number of hydrogen-bond acceptors (Lipinski definition) is 4. The molecule has 0 bridgehead atoms. The molecule has 2 rings (SSSR count). The Kier molecular flexibility index (Phi) is 3.12. The molecule has 1 saturated heterocycles. The number of carbonyl (C=O) groups excluding carboxylic acids is 1. The van der Waals surface area contributed by atoms with Crippen molar-refractivity contribution in [2.75, 3.05) is 18.1 Å². The van der Waals surface area contributed by atoms with Crippen molar-refractivity contribution in [1.82, 2.24) is 4.90 Å². The van der Waals surface area contributed by atoms with Crippen LogP contribution < -0.4 is 5.73 Å². The fourth-order valence-corrected chi connectivity index (χ4v) is 4.62. The molecule has 1 spiro atoms. The molecule has 6 nitrogen and oxygen atoms in total. The molecule has 0 aliphatic carbocycles. The first-order valence-electron chi connectivity index (χ1n) is 6.13. The SMILES string of the molecule is CC(C)CN1C(=O)N=C(N)C12CCCS(=O)(=O)C2. The predicted octanol–water partition coefficient (Wildman–Crippen LogP) is 0.383. The first-order chi connectivity index (χ1) is 8.27. The largest absolute Gasteiger partial charge is 0.385 e. The fraction of sp³-hybridized carbons (Fsp3) is 0.818. The van der Waals surface area contributed by atoms with Crippen LogP contribution in [0, 0.1) is 5.92 Å². The smallest absolute Gasteiger partial charge is 0.346 e. The lowest BCUT2D eigenvalue weighted by Crippen LogP contribution is -2.61. The lowest BCUT2D eigenvalue weighted by molar-refractivity contribution is 0.161. The first-order valence-corrected chi connectivity index (χ1v) is 7.96. The second kappa shape index (κ2) is 4.22. The second-order valence-electron chi connectivity index (χ2n) is 5.51. The summed E-state index contributed by atoms with van der Waals surface area (Å²) < 4.78 is 23.7. The van der Waals surface area contributed by atoms with Crippen molar-refractivity contribution in [3.05, 3.63) is 0 Å². The highest BCUT2D eigenvalue weighted by molar-refractivity contribution is 7.91. The molecule has 2 heterocycles. The highest BCUT2D eigenvalue weighted by Gasteiger charge is 2.52. The second-order valence-corrected chi connectivity index (χ2v) is 7.70. The van der Waals surface area contributed by atoms with Gasteiger partial charge < -0.3 is 10.6 Å². The van der Waals surface area contributed by atoms with E-state index in [-0.39, 0.29) is 23.3 Å². The molecule has 102 valence electrons. The monoisotopic (exact) mass is 273 g/mol. The van der Waals surface area contributed by atoms with E-state index in [9.17, 15) is 13.2 Å². The van der Waals surface area contributed by atoms with E-state index in [1.165, 1.54) is 0 Å². The van der Waals surface area contributed by atoms with E-state index in [1.807, 2.05) is 13.8 Å². The summed E-state index contributed by atoms with van der Waals surface area (Å²) in [7, 11) is -3.15. The number of nitrogens with zero attached hydrogens (tertiary/aromatic N) is 2. The Balaban J connectivity index is 2.38. The van der Waals surface area contributed by atoms with Crippen LogP contribution in [0.1, 0.15) is 26.7 Å². The van der Waals surface area contributed by atoms with Crippen molar-refractivity contribution in [2.45, 2.75) is 32.2 Å². The molecule has 0 radical (unpaired) electrons. The molecule has 0 aromatic heterocycles. The van der Waals surface area contributed by atoms with Gasteiger partial charge in [-0.25, -0.2) is 13.2 Å². The van der Waals surface area contributed by atoms with Crippen LogP contribution in [0.25, 0.3) is 0 Å². The van der Waals surface area contributed by atoms with Crippen LogP contribution in [0.2, 0.25) is 0 Å². The minimum absolute atomic E-state index is 0.0895. The van der Waals surface area contributed by atoms with E-state index in [4.69, 9.17) is 5.73 Å². The number of aliphatic imine (C=N–C) groups is 1. The number of urea groups is 1. The van der Waals surface area contributed by atoms with Gasteiger partial charge in [0.2, 0.25) is 0 Å². The maximum Gasteiger partial charge on any atom is 0.346 e. The van der Waals surface area contributed by atoms with Gasteiger partial charge in [-0.15, -0.1) is 0 Å². The topological polar surface area (TPSA) is 92.8 Å². The zero-order valence-electron chi connectivity index (χ0n) is 10.7. The van der Waals surface area contributed by atoms with Gasteiger partial charge in [-0.2, -0.15) is 4.99 Å². The van der Waals surface area contributed by atoms with E-state index in [0.717, 1.165) is 0 Å². The van der Waals surface area contributed by atoms with Gasteiger partial charge in [-0.3, -0.25) is 0 Å². The highest BCUT2D eigenvalue weighted by Crippen LogP contribution is 2.34. The average molecular weight is 273 g/mol. The maximum absolute atomic E-state index is 11.9. The molecule has 1 fully saturated rings. The van der Waals surface area contributed by atoms with Crippen LogP contribution in [0.15, 0.2) is 4.99 Å². The zero-order chi connectivity index (χ0) is 13.6. The molecular weight excluding hydrogens is 254 g/mol. The van der Waals surface area contributed by atoms with Crippen molar-refractivity contribution in [2.24, 2.45) is 16.6 Å². The summed E-state index contributed by atoms with van der Waals surface area (Å²) >= 11 is 0. The van der Waals surface area contributed by atoms with Crippen LogP contribution in [-0.4, -0.2) is 48.8 Å². The molecule has 2 amide bonds. The summed E-state index contributed by atoms with van der Waals surface area (Å²) in [4.78, 5) is 17.2. The number of amidine groups is 1. The van der Waals surface area contributed by atoms with E-state index in [0.29, 0.717) is 19.4 Å². The molecule has 18 heavy (non-hydrogen) atoms. The van der Waals surface area contributed by atoms with Gasteiger partial charge in [0.25, 0.3) is 0 Å². The van der Waals surface area contributed by atoms with Crippen molar-refractivity contribution in [1.29, 1.82) is 0 Å². The van der Waals surface area contributed by atoms with E-state index < -0.39 is 21.4 Å². The molecule has 2 aliphatic heterocycles. The van der Waals surface area contributed by atoms with E-state index in [1.54, 1.807) is 4.90 Å². The van der Waals surface area contributed by atoms with Gasteiger partial charge in [-0.1, -0.05) is 13.8 Å². The minimum atomic E-state index is -3.15. The van der Waals surface area contributed by atoms with Crippen molar-refractivity contribution in [3.63, 3.8) is 0 Å². The van der Waals surface area contributed by atoms with Gasteiger partial charge in [-0.05, 0) is 18.8 Å². The van der Waals surface area contributed by atoms with Crippen LogP contribution in [-0.2, 0) is 9.84 Å². The van der Waals surface area contributed by atoms with Crippen molar-refractivity contribution in [3.8, 4) is 0 Å². The Morgan fingerprint density at radius 2 is 2.17 bits per heavy atom. The zero-order valence-corrected chi connectivity index (χ0v) is 11.5. The third-order valence-electron chi connectivity index (χ3n) is 3.49. The fourth-order valence-electron chi connectivity index (χ4n) is 2.71. The molecule has 2 aliphatic rings. The Morgan fingerprint density at radius 3 is 2.72 bits per heavy atom. The van der Waals surface area contributed by atoms with Crippen LogP contribution in [0.3, 0.4) is 0 Å². The van der Waals surface area contributed by atoms with E-state index >= 15 is 0 Å². The molecule has 2 N–H and O–H groups in total. The van der Waals surface area contributed by atoms with Crippen LogP contribution in [0.4, 0.5) is 4.79 Å². The molecule has 7 heteroatoms. The standard InChI is InChI=1S/C11H19N3O3S/c1-8(2)6-14-10(15)13-9(12)11(14)4-3-5-18(16,17)7-11/h8H,3-7H2,1-2H3,(H2,12,13,15). The van der Waals surface area contributed by atoms with Gasteiger partial charge in [0.1, 0.15) is 11.4 Å². The third kappa shape index (κ3) is 2.11. The molecular formula is C11H19N3O3S. The van der Waals surface area contributed by atoms with Crippen molar-refractivity contribution >= 4 is 21.7 Å². The molecule has 0 aromatic rings. The Bertz CT molecular complexity index is 498. The highest BCUT2D eigenvalue weighted by atomic mass is 32.2. The third-order valence-corrected chi connectivity index (χ3v) is 5.32. The number of carbonyl (C=O) groups is 1. The number of hydrogen-bond donors (Lipinski definition) is 1. The number of sulfone groups is 1. The number of nitrogens with two attached hydrogens (primary N) is 1. The average Bonchev–Trinajstić information content (AvgIpc) is 2.41. The van der Waals surface area contributed by atoms with Gasteiger partial charge >= 0.3 is 6.03 Å². The van der Waals surface area contributed by atoms with Crippen molar-refractivity contribution < 1.29 is 13.2 Å². The predicted molar refractivity (Wildman–Crippen MR) is 69.2 cm³/mol. The summed E-state index contributed by atoms with van der Waals surface area (Å²) in [5.41, 5.74) is 4.95. The molecule has 1 unspecified atom stereocenters. The number of amides is 2. The normalized spacial score (nSPS) is 31.2. The summed E-state index contributed by atoms with van der Waals surface area (Å²) in [5.74, 6) is 0.493.